The third-order valence-electron chi connectivity index (χ3n) is 2.55. The second kappa shape index (κ2) is 5.36. The van der Waals surface area contributed by atoms with Crippen molar-refractivity contribution in [1.29, 1.82) is 0 Å². The standard InChI is InChI=1S/C14H10ClF2NO/c1-8-2-5-13(11(15)6-8)18-14(19)10-7-9(16)3-4-12(10)17/h2-7H,1H3,(H,18,19). The van der Waals surface area contributed by atoms with Gasteiger partial charge in [-0.1, -0.05) is 17.7 Å². The Labute approximate surface area is 114 Å². The molecule has 0 saturated heterocycles. The summed E-state index contributed by atoms with van der Waals surface area (Å²) in [7, 11) is 0. The molecular weight excluding hydrogens is 272 g/mol. The number of hydrogen-bond acceptors (Lipinski definition) is 1. The van der Waals surface area contributed by atoms with Gasteiger partial charge in [0.15, 0.2) is 0 Å². The molecule has 5 heteroatoms. The van der Waals surface area contributed by atoms with Crippen LogP contribution in [0.2, 0.25) is 5.02 Å². The van der Waals surface area contributed by atoms with Crippen molar-refractivity contribution in [1.82, 2.24) is 0 Å². The summed E-state index contributed by atoms with van der Waals surface area (Å²) in [4.78, 5) is 11.8. The topological polar surface area (TPSA) is 29.1 Å². The molecule has 0 spiro atoms. The van der Waals surface area contributed by atoms with Crippen LogP contribution in [0.5, 0.6) is 0 Å². The molecule has 0 heterocycles. The first kappa shape index (κ1) is 13.5. The fraction of sp³-hybridized carbons (Fsp3) is 0.0714. The van der Waals surface area contributed by atoms with E-state index in [4.69, 9.17) is 11.6 Å². The van der Waals surface area contributed by atoms with Gasteiger partial charge in [0.1, 0.15) is 11.6 Å². The molecule has 2 aromatic rings. The summed E-state index contributed by atoms with van der Waals surface area (Å²) in [6.45, 7) is 1.85. The van der Waals surface area contributed by atoms with Gasteiger partial charge < -0.3 is 5.32 Å². The first-order valence-electron chi connectivity index (χ1n) is 5.50. The molecule has 2 nitrogen and oxygen atoms in total. The molecule has 98 valence electrons. The number of rotatable bonds is 2. The van der Waals surface area contributed by atoms with Crippen molar-refractivity contribution in [3.63, 3.8) is 0 Å². The highest BCUT2D eigenvalue weighted by molar-refractivity contribution is 6.34. The lowest BCUT2D eigenvalue weighted by molar-refractivity contribution is 0.102. The Balaban J connectivity index is 2.28. The van der Waals surface area contributed by atoms with E-state index in [1.54, 1.807) is 18.2 Å². The zero-order valence-electron chi connectivity index (χ0n) is 10.0. The van der Waals surface area contributed by atoms with E-state index >= 15 is 0 Å². The second-order valence-electron chi connectivity index (χ2n) is 4.06. The third kappa shape index (κ3) is 3.09. The summed E-state index contributed by atoms with van der Waals surface area (Å²) in [6.07, 6.45) is 0. The number of amides is 1. The molecular formula is C14H10ClF2NO. The number of benzene rings is 2. The van der Waals surface area contributed by atoms with Gasteiger partial charge in [0.05, 0.1) is 16.3 Å². The van der Waals surface area contributed by atoms with Crippen molar-refractivity contribution < 1.29 is 13.6 Å². The summed E-state index contributed by atoms with van der Waals surface area (Å²) >= 11 is 5.95. The van der Waals surface area contributed by atoms with Gasteiger partial charge in [0.25, 0.3) is 5.91 Å². The Morgan fingerprint density at radius 3 is 2.58 bits per heavy atom. The van der Waals surface area contributed by atoms with Crippen molar-refractivity contribution in [2.75, 3.05) is 5.32 Å². The van der Waals surface area contributed by atoms with E-state index in [2.05, 4.69) is 5.32 Å². The van der Waals surface area contributed by atoms with E-state index in [0.717, 1.165) is 23.8 Å². The van der Waals surface area contributed by atoms with Crippen LogP contribution in [0.4, 0.5) is 14.5 Å². The molecule has 0 bridgehead atoms. The highest BCUT2D eigenvalue weighted by Crippen LogP contribution is 2.23. The Bertz CT molecular complexity index is 643. The number of hydrogen-bond donors (Lipinski definition) is 1. The summed E-state index contributed by atoms with van der Waals surface area (Å²) < 4.78 is 26.4. The van der Waals surface area contributed by atoms with Gasteiger partial charge in [0, 0.05) is 0 Å². The molecule has 0 fully saturated rings. The molecule has 0 aliphatic heterocycles. The molecule has 0 aromatic heterocycles. The van der Waals surface area contributed by atoms with E-state index in [1.165, 1.54) is 0 Å². The van der Waals surface area contributed by atoms with Crippen LogP contribution in [0, 0.1) is 18.6 Å². The van der Waals surface area contributed by atoms with Crippen LogP contribution in [0.3, 0.4) is 0 Å². The SMILES string of the molecule is Cc1ccc(NC(=O)c2cc(F)ccc2F)c(Cl)c1. The van der Waals surface area contributed by atoms with Gasteiger partial charge >= 0.3 is 0 Å². The van der Waals surface area contributed by atoms with E-state index < -0.39 is 17.5 Å². The molecule has 0 aliphatic carbocycles. The van der Waals surface area contributed by atoms with E-state index in [1.807, 2.05) is 6.92 Å². The minimum absolute atomic E-state index is 0.338. The predicted octanol–water partition coefficient (Wildman–Crippen LogP) is 4.18. The van der Waals surface area contributed by atoms with Crippen molar-refractivity contribution in [3.8, 4) is 0 Å². The van der Waals surface area contributed by atoms with Gasteiger partial charge in [0.2, 0.25) is 0 Å². The number of nitrogens with one attached hydrogen (secondary N) is 1. The average Bonchev–Trinajstić information content (AvgIpc) is 2.35. The van der Waals surface area contributed by atoms with Crippen molar-refractivity contribution in [2.24, 2.45) is 0 Å². The molecule has 0 radical (unpaired) electrons. The fourth-order valence-electron chi connectivity index (χ4n) is 1.58. The van der Waals surface area contributed by atoms with Crippen molar-refractivity contribution in [2.45, 2.75) is 6.92 Å². The maximum Gasteiger partial charge on any atom is 0.258 e. The lowest BCUT2D eigenvalue weighted by Gasteiger charge is -2.08. The van der Waals surface area contributed by atoms with Crippen molar-refractivity contribution >= 4 is 23.2 Å². The van der Waals surface area contributed by atoms with E-state index in [0.29, 0.717) is 10.7 Å². The monoisotopic (exact) mass is 281 g/mol. The second-order valence-corrected chi connectivity index (χ2v) is 4.47. The van der Waals surface area contributed by atoms with Gasteiger partial charge in [-0.25, -0.2) is 8.78 Å². The number of carbonyl (C=O) groups excluding carboxylic acids is 1. The van der Waals surface area contributed by atoms with Gasteiger partial charge in [-0.2, -0.15) is 0 Å². The van der Waals surface area contributed by atoms with Crippen LogP contribution in [0.25, 0.3) is 0 Å². The van der Waals surface area contributed by atoms with Crippen LogP contribution >= 0.6 is 11.6 Å². The zero-order valence-corrected chi connectivity index (χ0v) is 10.8. The lowest BCUT2D eigenvalue weighted by atomic mass is 10.1. The van der Waals surface area contributed by atoms with Crippen LogP contribution in [0.1, 0.15) is 15.9 Å². The first-order valence-corrected chi connectivity index (χ1v) is 5.88. The third-order valence-corrected chi connectivity index (χ3v) is 2.86. The molecule has 0 atom stereocenters. The highest BCUT2D eigenvalue weighted by atomic mass is 35.5. The quantitative estimate of drug-likeness (QED) is 0.879. The Hall–Kier alpha value is -1.94. The molecule has 0 saturated carbocycles. The molecule has 0 aliphatic rings. The smallest absolute Gasteiger partial charge is 0.258 e. The van der Waals surface area contributed by atoms with Crippen LogP contribution in [0.15, 0.2) is 36.4 Å². The van der Waals surface area contributed by atoms with Crippen LogP contribution < -0.4 is 5.32 Å². The number of aryl methyl sites for hydroxylation is 1. The molecule has 1 N–H and O–H groups in total. The number of carbonyl (C=O) groups is 1. The van der Waals surface area contributed by atoms with E-state index in [9.17, 15) is 13.6 Å². The molecule has 0 unspecified atom stereocenters. The van der Waals surface area contributed by atoms with Crippen LogP contribution in [-0.4, -0.2) is 5.91 Å². The Morgan fingerprint density at radius 2 is 1.89 bits per heavy atom. The van der Waals surface area contributed by atoms with Crippen molar-refractivity contribution in [3.05, 3.63) is 64.2 Å². The largest absolute Gasteiger partial charge is 0.321 e. The van der Waals surface area contributed by atoms with E-state index in [-0.39, 0.29) is 5.56 Å². The maximum absolute atomic E-state index is 13.4. The first-order chi connectivity index (χ1) is 8.97. The van der Waals surface area contributed by atoms with Gasteiger partial charge in [-0.15, -0.1) is 0 Å². The number of halogens is 3. The summed E-state index contributed by atoms with van der Waals surface area (Å²) in [6, 6.07) is 7.72. The maximum atomic E-state index is 13.4. The van der Waals surface area contributed by atoms with Gasteiger partial charge in [-0.3, -0.25) is 4.79 Å². The van der Waals surface area contributed by atoms with Gasteiger partial charge in [-0.05, 0) is 42.8 Å². The fourth-order valence-corrected chi connectivity index (χ4v) is 1.87. The Kier molecular flexibility index (Phi) is 3.81. The molecule has 1 amide bonds. The molecule has 19 heavy (non-hydrogen) atoms. The predicted molar refractivity (Wildman–Crippen MR) is 70.5 cm³/mol. The Morgan fingerprint density at radius 1 is 1.16 bits per heavy atom. The summed E-state index contributed by atoms with van der Waals surface area (Å²) in [5.74, 6) is -2.22. The minimum atomic E-state index is -0.790. The summed E-state index contributed by atoms with van der Waals surface area (Å²) in [5.41, 5.74) is 0.914. The average molecular weight is 282 g/mol. The lowest BCUT2D eigenvalue weighted by Crippen LogP contribution is -2.14. The minimum Gasteiger partial charge on any atom is -0.321 e. The molecule has 2 rings (SSSR count). The zero-order chi connectivity index (χ0) is 14.0. The summed E-state index contributed by atoms with van der Waals surface area (Å²) in [5, 5.41) is 2.78. The number of anilines is 1. The normalized spacial score (nSPS) is 10.3. The highest BCUT2D eigenvalue weighted by Gasteiger charge is 2.14. The van der Waals surface area contributed by atoms with Crippen LogP contribution in [-0.2, 0) is 0 Å². The molecule has 2 aromatic carbocycles.